The van der Waals surface area contributed by atoms with Crippen LogP contribution in [0.1, 0.15) is 32.3 Å². The van der Waals surface area contributed by atoms with Crippen molar-refractivity contribution in [2.75, 3.05) is 6.54 Å². The quantitative estimate of drug-likeness (QED) is 0.821. The lowest BCUT2D eigenvalue weighted by Crippen LogP contribution is -2.54. The first-order valence-electron chi connectivity index (χ1n) is 6.45. The van der Waals surface area contributed by atoms with E-state index in [9.17, 15) is 14.0 Å². The average molecular weight is 263 g/mol. The molecule has 0 atom stereocenters. The largest absolute Gasteiger partial charge is 0.330 e. The fourth-order valence-corrected chi connectivity index (χ4v) is 2.35. The van der Waals surface area contributed by atoms with Crippen LogP contribution in [0.5, 0.6) is 0 Å². The van der Waals surface area contributed by atoms with E-state index in [1.165, 1.54) is 12.1 Å². The number of hydrogen-bond acceptors (Lipinski definition) is 2. The van der Waals surface area contributed by atoms with Crippen molar-refractivity contribution in [1.82, 2.24) is 4.90 Å². The number of carbonyl (C=O) groups is 2. The Balaban J connectivity index is 2.10. The summed E-state index contributed by atoms with van der Waals surface area (Å²) in [5, 5.41) is 0. The summed E-state index contributed by atoms with van der Waals surface area (Å²) in [5.41, 5.74) is 0.477. The van der Waals surface area contributed by atoms with Gasteiger partial charge in [-0.2, -0.15) is 0 Å². The number of rotatable bonds is 2. The van der Waals surface area contributed by atoms with E-state index < -0.39 is 0 Å². The van der Waals surface area contributed by atoms with Crippen LogP contribution in [0.25, 0.3) is 0 Å². The second kappa shape index (κ2) is 5.11. The summed E-state index contributed by atoms with van der Waals surface area (Å²) >= 11 is 0. The van der Waals surface area contributed by atoms with Crippen molar-refractivity contribution >= 4 is 11.7 Å². The fourth-order valence-electron chi connectivity index (χ4n) is 2.35. The molecule has 0 N–H and O–H groups in total. The molecule has 0 bridgehead atoms. The maximum atomic E-state index is 12.8. The molecule has 1 amide bonds. The summed E-state index contributed by atoms with van der Waals surface area (Å²) in [6, 6.07) is 5.89. The number of hydrogen-bond donors (Lipinski definition) is 0. The zero-order valence-corrected chi connectivity index (χ0v) is 11.3. The molecule has 19 heavy (non-hydrogen) atoms. The predicted molar refractivity (Wildman–Crippen MR) is 70.1 cm³/mol. The summed E-state index contributed by atoms with van der Waals surface area (Å²) in [7, 11) is 0. The van der Waals surface area contributed by atoms with E-state index in [4.69, 9.17) is 0 Å². The second-order valence-electron chi connectivity index (χ2n) is 5.63. The van der Waals surface area contributed by atoms with Crippen molar-refractivity contribution in [3.05, 3.63) is 35.6 Å². The van der Waals surface area contributed by atoms with Gasteiger partial charge in [-0.3, -0.25) is 9.59 Å². The zero-order chi connectivity index (χ0) is 14.0. The van der Waals surface area contributed by atoms with E-state index in [1.807, 2.05) is 13.8 Å². The van der Waals surface area contributed by atoms with Crippen molar-refractivity contribution in [3.8, 4) is 0 Å². The Morgan fingerprint density at radius 3 is 2.58 bits per heavy atom. The van der Waals surface area contributed by atoms with Crippen LogP contribution >= 0.6 is 0 Å². The molecule has 0 aliphatic carbocycles. The molecule has 0 unspecified atom stereocenters. The standard InChI is InChI=1S/C15H18FNO2/c1-15(2)8-7-13(18)10-17(15)14(19)9-11-3-5-12(16)6-4-11/h3-6H,7-10H2,1-2H3. The Morgan fingerprint density at radius 2 is 1.95 bits per heavy atom. The Labute approximate surface area is 112 Å². The van der Waals surface area contributed by atoms with Gasteiger partial charge in [0.1, 0.15) is 5.82 Å². The van der Waals surface area contributed by atoms with Gasteiger partial charge in [-0.25, -0.2) is 4.39 Å². The molecule has 0 saturated carbocycles. The number of carbonyl (C=O) groups excluding carboxylic acids is 2. The molecular weight excluding hydrogens is 245 g/mol. The highest BCUT2D eigenvalue weighted by molar-refractivity contribution is 5.88. The molecule has 1 aromatic carbocycles. The molecule has 3 nitrogen and oxygen atoms in total. The predicted octanol–water partition coefficient (Wildman–Crippen LogP) is 2.34. The molecule has 1 fully saturated rings. The van der Waals surface area contributed by atoms with Crippen molar-refractivity contribution in [2.24, 2.45) is 0 Å². The molecule has 2 rings (SSSR count). The molecular formula is C15H18FNO2. The van der Waals surface area contributed by atoms with Crippen molar-refractivity contribution < 1.29 is 14.0 Å². The first-order chi connectivity index (χ1) is 8.88. The Bertz CT molecular complexity index is 493. The van der Waals surface area contributed by atoms with Crippen LogP contribution in [0.4, 0.5) is 4.39 Å². The summed E-state index contributed by atoms with van der Waals surface area (Å²) in [4.78, 5) is 25.5. The minimum absolute atomic E-state index is 0.0790. The molecule has 1 aromatic rings. The minimum atomic E-state index is -0.315. The Hall–Kier alpha value is -1.71. The van der Waals surface area contributed by atoms with E-state index in [2.05, 4.69) is 0 Å². The van der Waals surface area contributed by atoms with E-state index in [0.29, 0.717) is 12.8 Å². The summed E-state index contributed by atoms with van der Waals surface area (Å²) in [6.45, 7) is 4.14. The molecule has 1 saturated heterocycles. The third-order valence-electron chi connectivity index (χ3n) is 3.65. The minimum Gasteiger partial charge on any atom is -0.330 e. The molecule has 4 heteroatoms. The third-order valence-corrected chi connectivity index (χ3v) is 3.65. The first-order valence-corrected chi connectivity index (χ1v) is 6.45. The van der Waals surface area contributed by atoms with Gasteiger partial charge in [-0.05, 0) is 38.0 Å². The SMILES string of the molecule is CC1(C)CCC(=O)CN1C(=O)Cc1ccc(F)cc1. The van der Waals surface area contributed by atoms with Crippen LogP contribution in [0.15, 0.2) is 24.3 Å². The first kappa shape index (κ1) is 13.7. The number of likely N-dealkylation sites (tertiary alicyclic amines) is 1. The smallest absolute Gasteiger partial charge is 0.227 e. The monoisotopic (exact) mass is 263 g/mol. The van der Waals surface area contributed by atoms with Crippen molar-refractivity contribution in [1.29, 1.82) is 0 Å². The van der Waals surface area contributed by atoms with E-state index in [1.54, 1.807) is 17.0 Å². The van der Waals surface area contributed by atoms with Crippen LogP contribution in [0.2, 0.25) is 0 Å². The van der Waals surface area contributed by atoms with Gasteiger partial charge in [0, 0.05) is 12.0 Å². The van der Waals surface area contributed by atoms with Gasteiger partial charge in [0.25, 0.3) is 0 Å². The van der Waals surface area contributed by atoms with Gasteiger partial charge in [-0.15, -0.1) is 0 Å². The van der Waals surface area contributed by atoms with Gasteiger partial charge in [-0.1, -0.05) is 12.1 Å². The fraction of sp³-hybridized carbons (Fsp3) is 0.467. The molecule has 1 aliphatic rings. The maximum absolute atomic E-state index is 12.8. The number of ketones is 1. The van der Waals surface area contributed by atoms with Gasteiger partial charge >= 0.3 is 0 Å². The molecule has 0 spiro atoms. The highest BCUT2D eigenvalue weighted by Crippen LogP contribution is 2.26. The van der Waals surface area contributed by atoms with Gasteiger partial charge in [0.2, 0.25) is 5.91 Å². The second-order valence-corrected chi connectivity index (χ2v) is 5.63. The normalized spacial score (nSPS) is 18.5. The van der Waals surface area contributed by atoms with Gasteiger partial charge in [0.05, 0.1) is 13.0 Å². The Morgan fingerprint density at radius 1 is 1.32 bits per heavy atom. The highest BCUT2D eigenvalue weighted by atomic mass is 19.1. The van der Waals surface area contributed by atoms with Crippen LogP contribution in [-0.2, 0) is 16.0 Å². The van der Waals surface area contributed by atoms with Crippen molar-refractivity contribution in [3.63, 3.8) is 0 Å². The maximum Gasteiger partial charge on any atom is 0.227 e. The summed E-state index contributed by atoms with van der Waals surface area (Å²) in [5.74, 6) is -0.291. The third kappa shape index (κ3) is 3.19. The van der Waals surface area contributed by atoms with E-state index in [0.717, 1.165) is 5.56 Å². The van der Waals surface area contributed by atoms with E-state index in [-0.39, 0.29) is 36.0 Å². The lowest BCUT2D eigenvalue weighted by Gasteiger charge is -2.41. The number of piperidine rings is 1. The zero-order valence-electron chi connectivity index (χ0n) is 11.3. The van der Waals surface area contributed by atoms with Gasteiger partial charge in [0.15, 0.2) is 5.78 Å². The molecule has 0 aromatic heterocycles. The van der Waals surface area contributed by atoms with Crippen LogP contribution in [-0.4, -0.2) is 28.7 Å². The molecule has 1 heterocycles. The number of amides is 1. The number of Topliss-reactive ketones (excluding diaryl/α,β-unsaturated/α-hetero) is 1. The van der Waals surface area contributed by atoms with E-state index >= 15 is 0 Å². The lowest BCUT2D eigenvalue weighted by atomic mass is 9.89. The summed E-state index contributed by atoms with van der Waals surface area (Å²) in [6.07, 6.45) is 1.44. The molecule has 1 aliphatic heterocycles. The summed E-state index contributed by atoms with van der Waals surface area (Å²) < 4.78 is 12.8. The topological polar surface area (TPSA) is 37.4 Å². The van der Waals surface area contributed by atoms with Crippen LogP contribution in [0.3, 0.4) is 0 Å². The average Bonchev–Trinajstić information content (AvgIpc) is 2.35. The van der Waals surface area contributed by atoms with Crippen molar-refractivity contribution in [2.45, 2.75) is 38.6 Å². The highest BCUT2D eigenvalue weighted by Gasteiger charge is 2.36. The number of nitrogens with zero attached hydrogens (tertiary/aromatic N) is 1. The Kier molecular flexibility index (Phi) is 3.69. The lowest BCUT2D eigenvalue weighted by molar-refractivity contribution is -0.144. The molecule has 102 valence electrons. The van der Waals surface area contributed by atoms with Gasteiger partial charge < -0.3 is 4.90 Å². The molecule has 0 radical (unpaired) electrons. The van der Waals surface area contributed by atoms with Crippen LogP contribution in [0, 0.1) is 5.82 Å². The van der Waals surface area contributed by atoms with Crippen LogP contribution < -0.4 is 0 Å². The number of halogens is 1. The number of benzene rings is 1.